The molecule has 8 nitrogen and oxygen atoms in total. The van der Waals surface area contributed by atoms with Gasteiger partial charge in [0.1, 0.15) is 10.5 Å². The van der Waals surface area contributed by atoms with Gasteiger partial charge < -0.3 is 9.80 Å². The van der Waals surface area contributed by atoms with Crippen molar-refractivity contribution < 1.29 is 4.79 Å². The molecule has 166 valence electrons. The van der Waals surface area contributed by atoms with Gasteiger partial charge in [-0.05, 0) is 42.5 Å². The molecule has 5 rings (SSSR count). The average Bonchev–Trinajstić information content (AvgIpc) is 3.45. The maximum Gasteiger partial charge on any atom is 0.272 e. The molecular formula is C23H26N6O2S. The summed E-state index contributed by atoms with van der Waals surface area (Å²) < 4.78 is 4.10. The van der Waals surface area contributed by atoms with Gasteiger partial charge in [0.15, 0.2) is 0 Å². The molecule has 0 radical (unpaired) electrons. The minimum Gasteiger partial charge on any atom is -0.368 e. The van der Waals surface area contributed by atoms with E-state index < -0.39 is 0 Å². The zero-order valence-corrected chi connectivity index (χ0v) is 19.4. The van der Waals surface area contributed by atoms with Gasteiger partial charge >= 0.3 is 0 Å². The van der Waals surface area contributed by atoms with Crippen molar-refractivity contribution in [3.8, 4) is 0 Å². The van der Waals surface area contributed by atoms with Crippen LogP contribution in [0.25, 0.3) is 16.0 Å². The molecule has 0 aliphatic carbocycles. The number of benzene rings is 1. The van der Waals surface area contributed by atoms with E-state index in [2.05, 4.69) is 47.1 Å². The first-order chi connectivity index (χ1) is 15.4. The van der Waals surface area contributed by atoms with Gasteiger partial charge in [-0.1, -0.05) is 12.1 Å². The fourth-order valence-electron chi connectivity index (χ4n) is 4.45. The topological polar surface area (TPSA) is 75.7 Å². The summed E-state index contributed by atoms with van der Waals surface area (Å²) in [5.41, 5.74) is 4.52. The minimum atomic E-state index is -0.0701. The Bertz CT molecular complexity index is 1380. The third-order valence-corrected chi connectivity index (χ3v) is 7.19. The summed E-state index contributed by atoms with van der Waals surface area (Å²) in [6, 6.07) is 8.43. The maximum atomic E-state index is 12.9. The van der Waals surface area contributed by atoms with Crippen LogP contribution in [0, 0.1) is 13.8 Å². The third kappa shape index (κ3) is 3.46. The summed E-state index contributed by atoms with van der Waals surface area (Å²) in [5, 5.41) is 10.4. The van der Waals surface area contributed by atoms with Gasteiger partial charge in [-0.15, -0.1) is 21.5 Å². The highest BCUT2D eigenvalue weighted by Gasteiger charge is 2.23. The van der Waals surface area contributed by atoms with Crippen molar-refractivity contribution in [2.24, 2.45) is 7.05 Å². The summed E-state index contributed by atoms with van der Waals surface area (Å²) in [6.07, 6.45) is 0.860. The standard InChI is InChI=1S/C23H26N6O2S/c1-15-4-5-16(2)18(14-15)27-9-11-28(12-10-27)20(30)7-6-19-24-25-23-26(3)22(31)21-17(29(19)23)8-13-32-21/h4-5,8,13-14H,6-7,9-12H2,1-3H3. The molecule has 9 heteroatoms. The van der Waals surface area contributed by atoms with Crippen LogP contribution in [-0.2, 0) is 18.3 Å². The zero-order chi connectivity index (χ0) is 22.4. The fraction of sp³-hybridized carbons (Fsp3) is 0.391. The molecule has 1 aliphatic heterocycles. The van der Waals surface area contributed by atoms with E-state index in [4.69, 9.17) is 0 Å². The van der Waals surface area contributed by atoms with Gasteiger partial charge in [-0.25, -0.2) is 0 Å². The Kier molecular flexibility index (Phi) is 5.21. The number of amides is 1. The van der Waals surface area contributed by atoms with E-state index in [1.165, 1.54) is 32.7 Å². The molecule has 4 heterocycles. The van der Waals surface area contributed by atoms with Crippen molar-refractivity contribution in [2.75, 3.05) is 31.1 Å². The number of thiophene rings is 1. The number of fused-ring (bicyclic) bond motifs is 3. The number of nitrogens with zero attached hydrogens (tertiary/aromatic N) is 6. The Balaban J connectivity index is 1.28. The van der Waals surface area contributed by atoms with Crippen LogP contribution in [0.4, 0.5) is 5.69 Å². The van der Waals surface area contributed by atoms with Crippen LogP contribution < -0.4 is 10.5 Å². The van der Waals surface area contributed by atoms with Crippen LogP contribution in [0.5, 0.6) is 0 Å². The lowest BCUT2D eigenvalue weighted by atomic mass is 10.1. The van der Waals surface area contributed by atoms with Crippen molar-refractivity contribution in [3.63, 3.8) is 0 Å². The first kappa shape index (κ1) is 20.7. The molecule has 4 aromatic rings. The molecule has 0 atom stereocenters. The van der Waals surface area contributed by atoms with E-state index in [9.17, 15) is 9.59 Å². The van der Waals surface area contributed by atoms with E-state index in [1.54, 1.807) is 7.05 Å². The Morgan fingerprint density at radius 3 is 2.66 bits per heavy atom. The molecule has 0 spiro atoms. The Morgan fingerprint density at radius 1 is 1.09 bits per heavy atom. The number of hydrogen-bond donors (Lipinski definition) is 0. The van der Waals surface area contributed by atoms with E-state index in [0.717, 1.165) is 31.7 Å². The molecule has 1 aliphatic rings. The highest BCUT2D eigenvalue weighted by Crippen LogP contribution is 2.23. The summed E-state index contributed by atoms with van der Waals surface area (Å²) >= 11 is 1.41. The lowest BCUT2D eigenvalue weighted by Gasteiger charge is -2.37. The van der Waals surface area contributed by atoms with Gasteiger partial charge in [-0.3, -0.25) is 18.6 Å². The molecule has 1 fully saturated rings. The molecule has 1 aromatic carbocycles. The van der Waals surface area contributed by atoms with Crippen LogP contribution in [0.3, 0.4) is 0 Å². The predicted octanol–water partition coefficient (Wildman–Crippen LogP) is 2.54. The van der Waals surface area contributed by atoms with Crippen LogP contribution in [-0.4, -0.2) is 56.2 Å². The molecule has 3 aromatic heterocycles. The fourth-order valence-corrected chi connectivity index (χ4v) is 5.30. The second-order valence-corrected chi connectivity index (χ2v) is 9.32. The maximum absolute atomic E-state index is 12.9. The van der Waals surface area contributed by atoms with Gasteiger partial charge in [0.2, 0.25) is 11.7 Å². The average molecular weight is 451 g/mol. The molecule has 0 bridgehead atoms. The van der Waals surface area contributed by atoms with Crippen molar-refractivity contribution in [2.45, 2.75) is 26.7 Å². The molecule has 0 N–H and O–H groups in total. The van der Waals surface area contributed by atoms with E-state index in [-0.39, 0.29) is 11.5 Å². The highest BCUT2D eigenvalue weighted by atomic mass is 32.1. The lowest BCUT2D eigenvalue weighted by Crippen LogP contribution is -2.49. The Morgan fingerprint density at radius 2 is 1.88 bits per heavy atom. The van der Waals surface area contributed by atoms with Crippen LogP contribution >= 0.6 is 11.3 Å². The normalized spacial score (nSPS) is 14.6. The first-order valence-corrected chi connectivity index (χ1v) is 11.7. The number of carbonyl (C=O) groups is 1. The second kappa shape index (κ2) is 8.05. The number of aryl methyl sites for hydroxylation is 4. The van der Waals surface area contributed by atoms with Gasteiger partial charge in [0.25, 0.3) is 5.56 Å². The molecule has 1 saturated heterocycles. The van der Waals surface area contributed by atoms with Crippen molar-refractivity contribution in [1.29, 1.82) is 0 Å². The van der Waals surface area contributed by atoms with Crippen LogP contribution in [0.15, 0.2) is 34.4 Å². The SMILES string of the molecule is Cc1ccc(C)c(N2CCN(C(=O)CCc3nnc4n(C)c(=O)c5sccc5n34)CC2)c1. The number of piperazine rings is 1. The van der Waals surface area contributed by atoms with E-state index >= 15 is 0 Å². The molecule has 0 saturated carbocycles. The van der Waals surface area contributed by atoms with Gasteiger partial charge in [-0.2, -0.15) is 0 Å². The number of aromatic nitrogens is 4. The number of rotatable bonds is 4. The summed E-state index contributed by atoms with van der Waals surface area (Å²) in [7, 11) is 1.70. The van der Waals surface area contributed by atoms with Gasteiger partial charge in [0.05, 0.1) is 5.52 Å². The molecular weight excluding hydrogens is 424 g/mol. The molecule has 0 unspecified atom stereocenters. The number of carbonyl (C=O) groups excluding carboxylic acids is 1. The van der Waals surface area contributed by atoms with Crippen molar-refractivity contribution in [1.82, 2.24) is 24.1 Å². The largest absolute Gasteiger partial charge is 0.368 e. The number of anilines is 1. The summed E-state index contributed by atoms with van der Waals surface area (Å²) in [5.74, 6) is 1.35. The minimum absolute atomic E-state index is 0.0701. The molecule has 32 heavy (non-hydrogen) atoms. The summed E-state index contributed by atoms with van der Waals surface area (Å²) in [4.78, 5) is 29.7. The van der Waals surface area contributed by atoms with E-state index in [0.29, 0.717) is 29.1 Å². The number of hydrogen-bond acceptors (Lipinski definition) is 6. The van der Waals surface area contributed by atoms with Crippen LogP contribution in [0.2, 0.25) is 0 Å². The molecule has 1 amide bonds. The quantitative estimate of drug-likeness (QED) is 0.478. The third-order valence-electron chi connectivity index (χ3n) is 6.30. The summed E-state index contributed by atoms with van der Waals surface area (Å²) in [6.45, 7) is 7.35. The van der Waals surface area contributed by atoms with Crippen LogP contribution in [0.1, 0.15) is 23.4 Å². The lowest BCUT2D eigenvalue weighted by molar-refractivity contribution is -0.131. The Hall–Kier alpha value is -3.20. The predicted molar refractivity (Wildman–Crippen MR) is 127 cm³/mol. The second-order valence-electron chi connectivity index (χ2n) is 8.41. The monoisotopic (exact) mass is 450 g/mol. The van der Waals surface area contributed by atoms with Gasteiger partial charge in [0, 0.05) is 51.8 Å². The van der Waals surface area contributed by atoms with Crippen molar-refractivity contribution >= 4 is 38.9 Å². The highest BCUT2D eigenvalue weighted by molar-refractivity contribution is 7.17. The zero-order valence-electron chi connectivity index (χ0n) is 18.5. The Labute approximate surface area is 189 Å². The van der Waals surface area contributed by atoms with Crippen molar-refractivity contribution in [3.05, 3.63) is 57.0 Å². The van der Waals surface area contributed by atoms with E-state index in [1.807, 2.05) is 20.7 Å². The first-order valence-electron chi connectivity index (χ1n) is 10.8. The smallest absolute Gasteiger partial charge is 0.272 e.